The summed E-state index contributed by atoms with van der Waals surface area (Å²) >= 11 is 0. The number of ether oxygens (including phenoxy) is 1. The van der Waals surface area contributed by atoms with Crippen molar-refractivity contribution in [1.29, 1.82) is 0 Å². The molecule has 3 heterocycles. The molecule has 0 bridgehead atoms. The summed E-state index contributed by atoms with van der Waals surface area (Å²) in [5.74, 6) is 2.12. The van der Waals surface area contributed by atoms with E-state index in [4.69, 9.17) is 19.3 Å². The smallest absolute Gasteiger partial charge is 0.254 e. The van der Waals surface area contributed by atoms with Gasteiger partial charge in [0.1, 0.15) is 23.5 Å². The van der Waals surface area contributed by atoms with E-state index in [0.29, 0.717) is 31.1 Å². The molecule has 24 heavy (non-hydrogen) atoms. The number of rotatable bonds is 6. The van der Waals surface area contributed by atoms with Crippen LogP contribution in [-0.4, -0.2) is 43.7 Å². The van der Waals surface area contributed by atoms with Gasteiger partial charge >= 0.3 is 0 Å². The molecule has 3 rings (SSSR count). The van der Waals surface area contributed by atoms with Crippen LogP contribution in [0.5, 0.6) is 0 Å². The monoisotopic (exact) mass is 333 g/mol. The predicted octanol–water partition coefficient (Wildman–Crippen LogP) is 1.44. The van der Waals surface area contributed by atoms with Crippen LogP contribution in [0.3, 0.4) is 0 Å². The Labute approximate surface area is 140 Å². The van der Waals surface area contributed by atoms with Crippen molar-refractivity contribution in [1.82, 2.24) is 10.2 Å². The van der Waals surface area contributed by atoms with E-state index in [-0.39, 0.29) is 18.5 Å². The molecule has 1 aliphatic rings. The summed E-state index contributed by atoms with van der Waals surface area (Å²) in [6.07, 6.45) is 1.43. The molecule has 1 fully saturated rings. The first kappa shape index (κ1) is 16.8. The Morgan fingerprint density at radius 3 is 2.79 bits per heavy atom. The molecule has 1 unspecified atom stereocenters. The first-order valence-electron chi connectivity index (χ1n) is 8.11. The zero-order chi connectivity index (χ0) is 16.9. The number of nitrogens with two attached hydrogens (primary N) is 1. The topological polar surface area (TPSA) is 93.9 Å². The Morgan fingerprint density at radius 2 is 2.17 bits per heavy atom. The number of morpholine rings is 1. The molecule has 1 atom stereocenters. The van der Waals surface area contributed by atoms with E-state index in [2.05, 4.69) is 10.2 Å². The minimum atomic E-state index is -0.181. The number of carbonyl (C=O) groups excluding carboxylic acids is 1. The number of nitrogens with zero attached hydrogens (tertiary/aromatic N) is 1. The summed E-state index contributed by atoms with van der Waals surface area (Å²) < 4.78 is 16.4. The highest BCUT2D eigenvalue weighted by atomic mass is 16.5. The second-order valence-corrected chi connectivity index (χ2v) is 5.83. The van der Waals surface area contributed by atoms with Gasteiger partial charge in [-0.3, -0.25) is 9.69 Å². The fourth-order valence-corrected chi connectivity index (χ4v) is 2.83. The van der Waals surface area contributed by atoms with Gasteiger partial charge in [-0.15, -0.1) is 0 Å². The molecule has 7 heteroatoms. The lowest BCUT2D eigenvalue weighted by Crippen LogP contribution is -2.43. The van der Waals surface area contributed by atoms with Gasteiger partial charge in [-0.25, -0.2) is 0 Å². The summed E-state index contributed by atoms with van der Waals surface area (Å²) in [7, 11) is 0. The summed E-state index contributed by atoms with van der Waals surface area (Å²) in [5.41, 5.74) is 5.98. The fraction of sp³-hybridized carbons (Fsp3) is 0.471. The van der Waals surface area contributed by atoms with Gasteiger partial charge in [0.05, 0.1) is 31.4 Å². The summed E-state index contributed by atoms with van der Waals surface area (Å²) in [4.78, 5) is 14.6. The number of aryl methyl sites for hydroxylation is 1. The maximum atomic E-state index is 12.3. The summed E-state index contributed by atoms with van der Waals surface area (Å²) in [6.45, 7) is 5.63. The molecule has 0 aromatic carbocycles. The highest BCUT2D eigenvalue weighted by Crippen LogP contribution is 2.23. The van der Waals surface area contributed by atoms with Crippen molar-refractivity contribution in [2.24, 2.45) is 5.73 Å². The molecule has 1 aliphatic heterocycles. The molecular weight excluding hydrogens is 310 g/mol. The first-order valence-corrected chi connectivity index (χ1v) is 8.11. The lowest BCUT2D eigenvalue weighted by Gasteiger charge is -2.33. The van der Waals surface area contributed by atoms with Crippen LogP contribution in [0.1, 0.15) is 33.7 Å². The van der Waals surface area contributed by atoms with Crippen LogP contribution in [-0.2, 0) is 11.3 Å². The molecule has 7 nitrogen and oxygen atoms in total. The Morgan fingerprint density at radius 1 is 1.38 bits per heavy atom. The van der Waals surface area contributed by atoms with Gasteiger partial charge < -0.3 is 24.6 Å². The molecule has 0 radical (unpaired) electrons. The molecule has 1 amide bonds. The molecule has 1 saturated heterocycles. The number of hydrogen-bond donors (Lipinski definition) is 2. The normalized spacial score (nSPS) is 16.9. The summed E-state index contributed by atoms with van der Waals surface area (Å²) in [6, 6.07) is 5.54. The van der Waals surface area contributed by atoms with Crippen LogP contribution < -0.4 is 11.1 Å². The van der Waals surface area contributed by atoms with E-state index in [0.717, 1.165) is 24.6 Å². The molecule has 2 aromatic heterocycles. The Bertz CT molecular complexity index is 673. The van der Waals surface area contributed by atoms with Crippen molar-refractivity contribution < 1.29 is 18.4 Å². The van der Waals surface area contributed by atoms with Crippen molar-refractivity contribution in [3.05, 3.63) is 47.3 Å². The number of carbonyl (C=O) groups is 1. The van der Waals surface area contributed by atoms with Crippen molar-refractivity contribution in [3.8, 4) is 0 Å². The van der Waals surface area contributed by atoms with E-state index < -0.39 is 0 Å². The molecule has 3 N–H and O–H groups in total. The Kier molecular flexibility index (Phi) is 5.34. The number of nitrogens with one attached hydrogen (secondary N) is 1. The van der Waals surface area contributed by atoms with Gasteiger partial charge in [-0.1, -0.05) is 0 Å². The first-order chi connectivity index (χ1) is 11.7. The van der Waals surface area contributed by atoms with E-state index in [1.165, 1.54) is 6.26 Å². The van der Waals surface area contributed by atoms with Crippen molar-refractivity contribution in [2.75, 3.05) is 32.8 Å². The highest BCUT2D eigenvalue weighted by molar-refractivity contribution is 5.93. The largest absolute Gasteiger partial charge is 0.467 e. The third kappa shape index (κ3) is 3.87. The molecule has 0 saturated carbocycles. The van der Waals surface area contributed by atoms with Gasteiger partial charge in [0.2, 0.25) is 0 Å². The van der Waals surface area contributed by atoms with Gasteiger partial charge in [-0.05, 0) is 25.1 Å². The minimum Gasteiger partial charge on any atom is -0.467 e. The molecule has 2 aromatic rings. The standard InChI is InChI=1S/C17H23N3O4/c1-12-2-3-16(24-12)15(20-4-6-22-7-5-20)10-19-17(21)13-8-14(9-18)23-11-13/h2-3,8,11,15H,4-7,9-10,18H2,1H3,(H,19,21). The number of amides is 1. The third-order valence-corrected chi connectivity index (χ3v) is 4.15. The zero-order valence-corrected chi connectivity index (χ0v) is 13.8. The average Bonchev–Trinajstić information content (AvgIpc) is 3.25. The Hall–Kier alpha value is -2.09. The maximum Gasteiger partial charge on any atom is 0.254 e. The quantitative estimate of drug-likeness (QED) is 0.831. The van der Waals surface area contributed by atoms with Crippen LogP contribution >= 0.6 is 0 Å². The molecule has 0 spiro atoms. The lowest BCUT2D eigenvalue weighted by molar-refractivity contribution is 0.0117. The highest BCUT2D eigenvalue weighted by Gasteiger charge is 2.26. The lowest BCUT2D eigenvalue weighted by atomic mass is 10.1. The Balaban J connectivity index is 1.68. The molecular formula is C17H23N3O4. The van der Waals surface area contributed by atoms with Crippen LogP contribution in [0.2, 0.25) is 0 Å². The van der Waals surface area contributed by atoms with Crippen LogP contribution in [0.25, 0.3) is 0 Å². The fourth-order valence-electron chi connectivity index (χ4n) is 2.83. The van der Waals surface area contributed by atoms with Gasteiger partial charge in [0, 0.05) is 19.6 Å². The van der Waals surface area contributed by atoms with Gasteiger partial charge in [0.25, 0.3) is 5.91 Å². The van der Waals surface area contributed by atoms with E-state index in [1.807, 2.05) is 19.1 Å². The van der Waals surface area contributed by atoms with E-state index in [1.54, 1.807) is 6.07 Å². The molecule has 130 valence electrons. The van der Waals surface area contributed by atoms with Gasteiger partial charge in [-0.2, -0.15) is 0 Å². The second kappa shape index (κ2) is 7.65. The number of furan rings is 2. The van der Waals surface area contributed by atoms with Crippen molar-refractivity contribution >= 4 is 5.91 Å². The molecule has 0 aliphatic carbocycles. The predicted molar refractivity (Wildman–Crippen MR) is 87.5 cm³/mol. The maximum absolute atomic E-state index is 12.3. The van der Waals surface area contributed by atoms with E-state index >= 15 is 0 Å². The van der Waals surface area contributed by atoms with E-state index in [9.17, 15) is 4.79 Å². The number of hydrogen-bond acceptors (Lipinski definition) is 6. The minimum absolute atomic E-state index is 0.0209. The average molecular weight is 333 g/mol. The zero-order valence-electron chi connectivity index (χ0n) is 13.8. The van der Waals surface area contributed by atoms with Crippen LogP contribution in [0, 0.1) is 6.92 Å². The van der Waals surface area contributed by atoms with Crippen LogP contribution in [0.4, 0.5) is 0 Å². The van der Waals surface area contributed by atoms with Gasteiger partial charge in [0.15, 0.2) is 0 Å². The SMILES string of the molecule is Cc1ccc(C(CNC(=O)c2coc(CN)c2)N2CCOCC2)o1. The van der Waals surface area contributed by atoms with Crippen molar-refractivity contribution in [2.45, 2.75) is 19.5 Å². The summed E-state index contributed by atoms with van der Waals surface area (Å²) in [5, 5.41) is 2.96. The third-order valence-electron chi connectivity index (χ3n) is 4.15. The van der Waals surface area contributed by atoms with Crippen LogP contribution in [0.15, 0.2) is 33.3 Å². The van der Waals surface area contributed by atoms with Crippen molar-refractivity contribution in [3.63, 3.8) is 0 Å². The second-order valence-electron chi connectivity index (χ2n) is 5.83.